The van der Waals surface area contributed by atoms with Crippen LogP contribution in [0.2, 0.25) is 0 Å². The summed E-state index contributed by atoms with van der Waals surface area (Å²) in [6.45, 7) is 0.0933. The molecule has 0 bridgehead atoms. The zero-order chi connectivity index (χ0) is 21.4. The normalized spacial score (nSPS) is 30.7. The lowest BCUT2D eigenvalue weighted by Crippen LogP contribution is -2.58. The molecule has 3 heterocycles. The highest BCUT2D eigenvalue weighted by molar-refractivity contribution is 6.08. The molecule has 0 amide bonds. The predicted octanol–water partition coefficient (Wildman–Crippen LogP) is -0.451. The van der Waals surface area contributed by atoms with Gasteiger partial charge >= 0.3 is 5.97 Å². The number of esters is 1. The Hall–Kier alpha value is -2.56. The highest BCUT2D eigenvalue weighted by Crippen LogP contribution is 2.32. The molecule has 1 aromatic heterocycles. The Morgan fingerprint density at radius 3 is 2.47 bits per heavy atom. The molecule has 2 aliphatic heterocycles. The first-order valence-electron chi connectivity index (χ1n) is 9.72. The van der Waals surface area contributed by atoms with Crippen molar-refractivity contribution in [2.45, 2.75) is 49.6 Å². The molecule has 1 saturated heterocycles. The van der Waals surface area contributed by atoms with E-state index in [0.29, 0.717) is 29.9 Å². The number of benzene rings is 1. The van der Waals surface area contributed by atoms with E-state index < -0.39 is 49.2 Å². The van der Waals surface area contributed by atoms with Gasteiger partial charge in [0, 0.05) is 17.8 Å². The van der Waals surface area contributed by atoms with Crippen molar-refractivity contribution < 1.29 is 39.5 Å². The van der Waals surface area contributed by atoms with Crippen molar-refractivity contribution in [1.29, 1.82) is 0 Å². The number of rotatable bonds is 5. The summed E-state index contributed by atoms with van der Waals surface area (Å²) in [4.78, 5) is 25.4. The monoisotopic (exact) mass is 417 g/mol. The summed E-state index contributed by atoms with van der Waals surface area (Å²) in [7, 11) is 0. The first-order valence-corrected chi connectivity index (χ1v) is 9.72. The van der Waals surface area contributed by atoms with Crippen molar-refractivity contribution >= 4 is 11.8 Å². The summed E-state index contributed by atoms with van der Waals surface area (Å²) >= 11 is 0. The molecule has 6 atom stereocenters. The van der Waals surface area contributed by atoms with E-state index in [1.807, 2.05) is 6.07 Å². The maximum atomic E-state index is 12.8. The molecular weight excluding hydrogens is 394 g/mol. The largest absolute Gasteiger partial charge is 0.462 e. The topological polar surface area (TPSA) is 138 Å². The Balaban J connectivity index is 1.42. The average Bonchev–Trinajstić information content (AvgIpc) is 3.36. The molecule has 0 spiro atoms. The summed E-state index contributed by atoms with van der Waals surface area (Å²) in [6, 6.07) is 12.3. The lowest BCUT2D eigenvalue weighted by molar-refractivity contribution is -0.287. The van der Waals surface area contributed by atoms with Gasteiger partial charge in [-0.2, -0.15) is 0 Å². The van der Waals surface area contributed by atoms with Crippen LogP contribution >= 0.6 is 0 Å². The predicted molar refractivity (Wildman–Crippen MR) is 102 cm³/mol. The number of carbonyl (C=O) groups is 2. The molecule has 1 unspecified atom stereocenters. The van der Waals surface area contributed by atoms with Crippen molar-refractivity contribution in [2.24, 2.45) is 0 Å². The van der Waals surface area contributed by atoms with E-state index in [0.717, 1.165) is 0 Å². The van der Waals surface area contributed by atoms with E-state index in [1.54, 1.807) is 41.0 Å². The van der Waals surface area contributed by atoms with Gasteiger partial charge in [-0.1, -0.05) is 30.3 Å². The van der Waals surface area contributed by atoms with Crippen molar-refractivity contribution in [3.8, 4) is 0 Å². The number of nitrogens with zero attached hydrogens (tertiary/aromatic N) is 1. The third-order valence-electron chi connectivity index (χ3n) is 5.64. The van der Waals surface area contributed by atoms with Crippen LogP contribution < -0.4 is 0 Å². The molecule has 0 radical (unpaired) electrons. The van der Waals surface area contributed by atoms with E-state index in [9.17, 15) is 30.0 Å². The average molecular weight is 417 g/mol. The van der Waals surface area contributed by atoms with E-state index in [2.05, 4.69) is 0 Å². The Morgan fingerprint density at radius 1 is 1.00 bits per heavy atom. The summed E-state index contributed by atoms with van der Waals surface area (Å²) in [5, 5.41) is 38.8. The molecule has 0 saturated carbocycles. The van der Waals surface area contributed by atoms with Gasteiger partial charge in [0.25, 0.3) is 0 Å². The Kier molecular flexibility index (Phi) is 5.72. The number of ether oxygens (including phenoxy) is 2. The van der Waals surface area contributed by atoms with Crippen LogP contribution in [-0.2, 0) is 20.8 Å². The Labute approximate surface area is 172 Å². The molecule has 160 valence electrons. The minimum absolute atomic E-state index is 0.129. The molecule has 30 heavy (non-hydrogen) atoms. The number of hydrogen-bond donors (Lipinski definition) is 4. The van der Waals surface area contributed by atoms with E-state index in [-0.39, 0.29) is 5.78 Å². The minimum Gasteiger partial charge on any atom is -0.462 e. The van der Waals surface area contributed by atoms with Crippen LogP contribution in [0.4, 0.5) is 0 Å². The molecule has 2 aliphatic rings. The van der Waals surface area contributed by atoms with Crippen LogP contribution in [0.3, 0.4) is 0 Å². The SMILES string of the molecule is O=C(c1ccccc1)c1ccc2n1CC[C@@H]2C(=O)OC[C@H]1OC(O)[C@H](O)[C@@H](O)[C@H]1O. The van der Waals surface area contributed by atoms with Gasteiger partial charge in [0.1, 0.15) is 31.0 Å². The van der Waals surface area contributed by atoms with Gasteiger partial charge in [0.2, 0.25) is 5.78 Å². The number of carbonyl (C=O) groups excluding carboxylic acids is 2. The van der Waals surface area contributed by atoms with Gasteiger partial charge in [-0.15, -0.1) is 0 Å². The Morgan fingerprint density at radius 2 is 1.73 bits per heavy atom. The summed E-state index contributed by atoms with van der Waals surface area (Å²) < 4.78 is 12.1. The second kappa shape index (κ2) is 8.29. The van der Waals surface area contributed by atoms with Crippen molar-refractivity contribution in [3.05, 3.63) is 59.4 Å². The quantitative estimate of drug-likeness (QED) is 0.379. The third-order valence-corrected chi connectivity index (χ3v) is 5.64. The second-order valence-corrected chi connectivity index (χ2v) is 7.50. The van der Waals surface area contributed by atoms with Crippen molar-refractivity contribution in [2.75, 3.05) is 6.61 Å². The molecule has 4 rings (SSSR count). The van der Waals surface area contributed by atoms with Crippen LogP contribution in [0, 0.1) is 0 Å². The fourth-order valence-electron chi connectivity index (χ4n) is 3.95. The Bertz CT molecular complexity index is 926. The van der Waals surface area contributed by atoms with Crippen LogP contribution in [0.1, 0.15) is 34.1 Å². The first kappa shape index (κ1) is 20.7. The zero-order valence-corrected chi connectivity index (χ0v) is 16.0. The van der Waals surface area contributed by atoms with E-state index in [4.69, 9.17) is 9.47 Å². The second-order valence-electron chi connectivity index (χ2n) is 7.50. The lowest BCUT2D eigenvalue weighted by atomic mass is 9.99. The van der Waals surface area contributed by atoms with Crippen LogP contribution in [-0.4, -0.2) is 74.1 Å². The molecule has 1 aromatic carbocycles. The summed E-state index contributed by atoms with van der Waals surface area (Å²) in [5.41, 5.74) is 1.73. The molecular formula is C21H23NO8. The summed E-state index contributed by atoms with van der Waals surface area (Å²) in [6.07, 6.45) is -7.19. The van der Waals surface area contributed by atoms with E-state index >= 15 is 0 Å². The molecule has 4 N–H and O–H groups in total. The van der Waals surface area contributed by atoms with Gasteiger partial charge in [-0.05, 0) is 18.6 Å². The number of aliphatic hydroxyl groups excluding tert-OH is 4. The van der Waals surface area contributed by atoms with Crippen molar-refractivity contribution in [1.82, 2.24) is 4.57 Å². The number of aliphatic hydroxyl groups is 4. The smallest absolute Gasteiger partial charge is 0.315 e. The first-order chi connectivity index (χ1) is 14.4. The molecule has 9 heteroatoms. The third kappa shape index (κ3) is 3.66. The molecule has 0 aliphatic carbocycles. The van der Waals surface area contributed by atoms with Gasteiger partial charge in [0.05, 0.1) is 11.6 Å². The standard InChI is InChI=1S/C21H23NO8/c23-16(11-4-2-1-3-5-11)14-7-6-13-12(8-9-22(13)14)20(27)29-10-15-17(24)18(25)19(26)21(28)30-15/h1-7,12,15,17-19,21,24-26,28H,8-10H2/t12-,15+,17-,18-,19+,21?/m0/s1. The van der Waals surface area contributed by atoms with Crippen molar-refractivity contribution in [3.63, 3.8) is 0 Å². The fourth-order valence-corrected chi connectivity index (χ4v) is 3.95. The highest BCUT2D eigenvalue weighted by atomic mass is 16.6. The lowest BCUT2D eigenvalue weighted by Gasteiger charge is -2.37. The van der Waals surface area contributed by atoms with Crippen LogP contribution in [0.5, 0.6) is 0 Å². The molecule has 1 fully saturated rings. The molecule has 9 nitrogen and oxygen atoms in total. The van der Waals surface area contributed by atoms with Gasteiger partial charge in [-0.3, -0.25) is 9.59 Å². The fraction of sp³-hybridized carbons (Fsp3) is 0.429. The van der Waals surface area contributed by atoms with Gasteiger partial charge in [-0.25, -0.2) is 0 Å². The maximum absolute atomic E-state index is 12.8. The number of ketones is 1. The number of fused-ring (bicyclic) bond motifs is 1. The number of aromatic nitrogens is 1. The highest BCUT2D eigenvalue weighted by Gasteiger charge is 2.44. The van der Waals surface area contributed by atoms with Crippen LogP contribution in [0.15, 0.2) is 42.5 Å². The zero-order valence-electron chi connectivity index (χ0n) is 16.0. The maximum Gasteiger partial charge on any atom is 0.315 e. The minimum atomic E-state index is -1.69. The van der Waals surface area contributed by atoms with Gasteiger partial charge in [0.15, 0.2) is 6.29 Å². The summed E-state index contributed by atoms with van der Waals surface area (Å²) in [5.74, 6) is -1.27. The number of hydrogen-bond acceptors (Lipinski definition) is 8. The van der Waals surface area contributed by atoms with Crippen LogP contribution in [0.25, 0.3) is 0 Å². The molecule has 2 aromatic rings. The van der Waals surface area contributed by atoms with Gasteiger partial charge < -0.3 is 34.5 Å². The van der Waals surface area contributed by atoms with E-state index in [1.165, 1.54) is 0 Å².